The van der Waals surface area contributed by atoms with Crippen molar-refractivity contribution in [2.45, 2.75) is 19.3 Å². The number of hydrogen-bond donors (Lipinski definition) is 0. The van der Waals surface area contributed by atoms with Crippen LogP contribution in [-0.2, 0) is 14.3 Å². The fourth-order valence-corrected chi connectivity index (χ4v) is 2.22. The number of carbonyl (C=O) groups is 2. The molecule has 1 aromatic heterocycles. The van der Waals surface area contributed by atoms with E-state index in [1.165, 1.54) is 12.0 Å². The van der Waals surface area contributed by atoms with E-state index in [4.69, 9.17) is 4.74 Å². The third-order valence-electron chi connectivity index (χ3n) is 3.53. The second kappa shape index (κ2) is 4.76. The molecular weight excluding hydrogens is 232 g/mol. The van der Waals surface area contributed by atoms with E-state index in [1.54, 1.807) is 31.6 Å². The van der Waals surface area contributed by atoms with Crippen LogP contribution in [0.2, 0.25) is 0 Å². The number of carbonyl (C=O) groups excluding carboxylic acids is 2. The lowest BCUT2D eigenvalue weighted by molar-refractivity contribution is -0.163. The summed E-state index contributed by atoms with van der Waals surface area (Å²) in [7, 11) is 2.97. The molecule has 0 saturated heterocycles. The molecule has 5 heteroatoms. The molecule has 0 atom stereocenters. The summed E-state index contributed by atoms with van der Waals surface area (Å²) in [5.41, 5.74) is -0.308. The molecule has 1 fully saturated rings. The van der Waals surface area contributed by atoms with Crippen LogP contribution in [0.3, 0.4) is 0 Å². The summed E-state index contributed by atoms with van der Waals surface area (Å²) < 4.78 is 4.76. The molecule has 96 valence electrons. The fraction of sp³-hybridized carbons (Fsp3) is 0.462. The van der Waals surface area contributed by atoms with Gasteiger partial charge in [-0.2, -0.15) is 0 Å². The van der Waals surface area contributed by atoms with E-state index in [0.29, 0.717) is 18.5 Å². The molecule has 1 heterocycles. The van der Waals surface area contributed by atoms with Crippen LogP contribution in [0, 0.1) is 5.41 Å². The molecule has 1 aliphatic carbocycles. The molecule has 1 aromatic rings. The molecule has 0 N–H and O–H groups in total. The van der Waals surface area contributed by atoms with Crippen LogP contribution in [0.4, 0.5) is 5.69 Å². The molecule has 1 amide bonds. The summed E-state index contributed by atoms with van der Waals surface area (Å²) in [4.78, 5) is 29.7. The highest BCUT2D eigenvalue weighted by molar-refractivity contribution is 6.10. The molecule has 1 saturated carbocycles. The average Bonchev–Trinajstić information content (AvgIpc) is 2.37. The number of nitrogens with zero attached hydrogens (tertiary/aromatic N) is 2. The topological polar surface area (TPSA) is 59.5 Å². The zero-order valence-electron chi connectivity index (χ0n) is 10.5. The summed E-state index contributed by atoms with van der Waals surface area (Å²) in [5.74, 6) is -0.650. The Morgan fingerprint density at radius 2 is 2.17 bits per heavy atom. The third-order valence-corrected chi connectivity index (χ3v) is 3.53. The highest BCUT2D eigenvalue weighted by Gasteiger charge is 2.53. The second-order valence-corrected chi connectivity index (χ2v) is 4.50. The van der Waals surface area contributed by atoms with Crippen LogP contribution in [0.25, 0.3) is 0 Å². The van der Waals surface area contributed by atoms with Gasteiger partial charge in [-0.3, -0.25) is 14.6 Å². The minimum Gasteiger partial charge on any atom is -0.468 e. The van der Waals surface area contributed by atoms with E-state index in [1.807, 2.05) is 0 Å². The highest BCUT2D eigenvalue weighted by atomic mass is 16.5. The number of rotatable bonds is 3. The highest BCUT2D eigenvalue weighted by Crippen LogP contribution is 2.44. The smallest absolute Gasteiger partial charge is 0.321 e. The Morgan fingerprint density at radius 3 is 2.61 bits per heavy atom. The largest absolute Gasteiger partial charge is 0.468 e. The second-order valence-electron chi connectivity index (χ2n) is 4.50. The van der Waals surface area contributed by atoms with Gasteiger partial charge in [0.25, 0.3) is 0 Å². The summed E-state index contributed by atoms with van der Waals surface area (Å²) >= 11 is 0. The zero-order chi connectivity index (χ0) is 13.2. The zero-order valence-corrected chi connectivity index (χ0v) is 10.5. The van der Waals surface area contributed by atoms with Gasteiger partial charge in [-0.1, -0.05) is 6.42 Å². The number of pyridine rings is 1. The molecule has 0 unspecified atom stereocenters. The molecular formula is C13H16N2O3. The molecule has 5 nitrogen and oxygen atoms in total. The Labute approximate surface area is 106 Å². The van der Waals surface area contributed by atoms with Crippen molar-refractivity contribution >= 4 is 17.6 Å². The van der Waals surface area contributed by atoms with Crippen molar-refractivity contribution < 1.29 is 14.3 Å². The first kappa shape index (κ1) is 12.5. The van der Waals surface area contributed by atoms with Gasteiger partial charge in [0.05, 0.1) is 19.0 Å². The Balaban J connectivity index is 2.23. The number of ether oxygens (including phenoxy) is 1. The van der Waals surface area contributed by atoms with E-state index >= 15 is 0 Å². The molecule has 2 rings (SSSR count). The van der Waals surface area contributed by atoms with Crippen LogP contribution >= 0.6 is 0 Å². The molecule has 0 spiro atoms. The van der Waals surface area contributed by atoms with E-state index in [0.717, 1.165) is 6.42 Å². The number of aromatic nitrogens is 1. The van der Waals surface area contributed by atoms with Gasteiger partial charge in [-0.25, -0.2) is 0 Å². The van der Waals surface area contributed by atoms with E-state index < -0.39 is 11.4 Å². The van der Waals surface area contributed by atoms with E-state index in [-0.39, 0.29) is 5.91 Å². The van der Waals surface area contributed by atoms with Gasteiger partial charge < -0.3 is 9.64 Å². The number of hydrogen-bond acceptors (Lipinski definition) is 4. The van der Waals surface area contributed by atoms with Crippen molar-refractivity contribution in [3.05, 3.63) is 24.5 Å². The molecule has 0 aliphatic heterocycles. The quantitative estimate of drug-likeness (QED) is 0.599. The maximum Gasteiger partial charge on any atom is 0.321 e. The lowest BCUT2D eigenvalue weighted by Crippen LogP contribution is -2.52. The van der Waals surface area contributed by atoms with E-state index in [9.17, 15) is 9.59 Å². The van der Waals surface area contributed by atoms with Gasteiger partial charge in [0, 0.05) is 13.2 Å². The summed E-state index contributed by atoms with van der Waals surface area (Å²) in [5, 5.41) is 0. The number of amides is 1. The van der Waals surface area contributed by atoms with Gasteiger partial charge in [0.1, 0.15) is 5.41 Å². The van der Waals surface area contributed by atoms with Crippen molar-refractivity contribution in [2.24, 2.45) is 5.41 Å². The average molecular weight is 248 g/mol. The standard InChI is InChI=1S/C13H16N2O3/c1-15(10-5-3-8-14-9-10)11(16)13(6-4-7-13)12(17)18-2/h3,5,8-9H,4,6-7H2,1-2H3. The predicted molar refractivity (Wildman–Crippen MR) is 65.9 cm³/mol. The fourth-order valence-electron chi connectivity index (χ4n) is 2.22. The Hall–Kier alpha value is -1.91. The molecule has 0 radical (unpaired) electrons. The first-order chi connectivity index (χ1) is 8.62. The number of anilines is 1. The molecule has 1 aliphatic rings. The molecule has 18 heavy (non-hydrogen) atoms. The Bertz CT molecular complexity index is 455. The molecule has 0 bridgehead atoms. The van der Waals surface area contributed by atoms with Crippen LogP contribution in [0.15, 0.2) is 24.5 Å². The van der Waals surface area contributed by atoms with Gasteiger partial charge in [-0.05, 0) is 25.0 Å². The predicted octanol–water partition coefficient (Wildman–Crippen LogP) is 1.39. The van der Waals surface area contributed by atoms with Crippen molar-refractivity contribution in [2.75, 3.05) is 19.1 Å². The van der Waals surface area contributed by atoms with Crippen molar-refractivity contribution in [3.8, 4) is 0 Å². The normalized spacial score (nSPS) is 16.6. The Kier molecular flexibility index (Phi) is 3.32. The monoisotopic (exact) mass is 248 g/mol. The van der Waals surface area contributed by atoms with Gasteiger partial charge in [-0.15, -0.1) is 0 Å². The minimum atomic E-state index is -0.987. The maximum absolute atomic E-state index is 12.4. The Morgan fingerprint density at radius 1 is 1.44 bits per heavy atom. The van der Waals surface area contributed by atoms with Crippen LogP contribution in [0.1, 0.15) is 19.3 Å². The number of esters is 1. The van der Waals surface area contributed by atoms with Gasteiger partial charge in [0.2, 0.25) is 5.91 Å². The van der Waals surface area contributed by atoms with Gasteiger partial charge in [0.15, 0.2) is 0 Å². The minimum absolute atomic E-state index is 0.214. The lowest BCUT2D eigenvalue weighted by atomic mass is 9.67. The van der Waals surface area contributed by atoms with Crippen molar-refractivity contribution in [1.29, 1.82) is 0 Å². The van der Waals surface area contributed by atoms with Crippen LogP contribution in [-0.4, -0.2) is 31.0 Å². The van der Waals surface area contributed by atoms with Crippen molar-refractivity contribution in [1.82, 2.24) is 4.98 Å². The van der Waals surface area contributed by atoms with Crippen LogP contribution in [0.5, 0.6) is 0 Å². The summed E-state index contributed by atoms with van der Waals surface area (Å²) in [6, 6.07) is 3.54. The summed E-state index contributed by atoms with van der Waals surface area (Å²) in [6.07, 6.45) is 5.23. The summed E-state index contributed by atoms with van der Waals surface area (Å²) in [6.45, 7) is 0. The molecule has 0 aromatic carbocycles. The first-order valence-electron chi connectivity index (χ1n) is 5.88. The maximum atomic E-state index is 12.4. The number of methoxy groups -OCH3 is 1. The SMILES string of the molecule is COC(=O)C1(C(=O)N(C)c2cccnc2)CCC1. The van der Waals surface area contributed by atoms with Crippen molar-refractivity contribution in [3.63, 3.8) is 0 Å². The lowest BCUT2D eigenvalue weighted by Gasteiger charge is -2.39. The third kappa shape index (κ3) is 1.85. The van der Waals surface area contributed by atoms with E-state index in [2.05, 4.69) is 4.98 Å². The van der Waals surface area contributed by atoms with Gasteiger partial charge >= 0.3 is 5.97 Å². The first-order valence-corrected chi connectivity index (χ1v) is 5.88. The van der Waals surface area contributed by atoms with Crippen LogP contribution < -0.4 is 4.90 Å².